The molecule has 0 spiro atoms. The van der Waals surface area contributed by atoms with Crippen LogP contribution >= 0.6 is 11.6 Å². The Morgan fingerprint density at radius 1 is 1.20 bits per heavy atom. The Balaban J connectivity index is 1.69. The molecular formula is C16H21ClN2O. The molecule has 1 N–H and O–H groups in total. The van der Waals surface area contributed by atoms with E-state index in [2.05, 4.69) is 5.32 Å². The first-order valence-corrected chi connectivity index (χ1v) is 7.95. The van der Waals surface area contributed by atoms with E-state index in [0.29, 0.717) is 17.0 Å². The Labute approximate surface area is 125 Å². The van der Waals surface area contributed by atoms with E-state index in [9.17, 15) is 4.79 Å². The smallest absolute Gasteiger partial charge is 0.321 e. The number of urea groups is 1. The lowest BCUT2D eigenvalue weighted by Crippen LogP contribution is -2.51. The van der Waals surface area contributed by atoms with E-state index in [-0.39, 0.29) is 6.03 Å². The second-order valence-electron chi connectivity index (χ2n) is 5.89. The first kappa shape index (κ1) is 13.7. The van der Waals surface area contributed by atoms with Crippen molar-refractivity contribution in [1.82, 2.24) is 4.90 Å². The minimum atomic E-state index is 0.0314. The quantitative estimate of drug-likeness (QED) is 0.810. The molecule has 1 aliphatic heterocycles. The van der Waals surface area contributed by atoms with Crippen molar-refractivity contribution in [3.63, 3.8) is 0 Å². The molecule has 1 aromatic rings. The average Bonchev–Trinajstić information content (AvgIpc) is 2.46. The molecule has 2 amide bonds. The highest BCUT2D eigenvalue weighted by atomic mass is 35.5. The predicted octanol–water partition coefficient (Wildman–Crippen LogP) is 4.53. The Morgan fingerprint density at radius 3 is 2.85 bits per heavy atom. The van der Waals surface area contributed by atoms with Gasteiger partial charge in [0.15, 0.2) is 0 Å². The molecular weight excluding hydrogens is 272 g/mol. The van der Waals surface area contributed by atoms with Gasteiger partial charge in [-0.25, -0.2) is 4.79 Å². The Bertz CT molecular complexity index is 489. The topological polar surface area (TPSA) is 32.3 Å². The summed E-state index contributed by atoms with van der Waals surface area (Å²) < 4.78 is 0. The van der Waals surface area contributed by atoms with E-state index in [1.54, 1.807) is 6.07 Å². The average molecular weight is 293 g/mol. The van der Waals surface area contributed by atoms with Gasteiger partial charge in [0.2, 0.25) is 0 Å². The fraction of sp³-hybridized carbons (Fsp3) is 0.562. The van der Waals surface area contributed by atoms with Crippen molar-refractivity contribution < 1.29 is 4.79 Å². The zero-order valence-corrected chi connectivity index (χ0v) is 12.4. The highest BCUT2D eigenvalue weighted by Crippen LogP contribution is 2.35. The fourth-order valence-corrected chi connectivity index (χ4v) is 3.83. The molecule has 1 aromatic carbocycles. The van der Waals surface area contributed by atoms with Crippen LogP contribution in [-0.4, -0.2) is 23.5 Å². The number of carbonyl (C=O) groups is 1. The van der Waals surface area contributed by atoms with E-state index in [1.807, 2.05) is 23.1 Å². The van der Waals surface area contributed by atoms with Gasteiger partial charge in [-0.1, -0.05) is 30.5 Å². The van der Waals surface area contributed by atoms with Crippen molar-refractivity contribution in [3.05, 3.63) is 29.3 Å². The molecule has 2 atom stereocenters. The normalized spacial score (nSPS) is 25.9. The lowest BCUT2D eigenvalue weighted by molar-refractivity contribution is 0.0909. The number of rotatable bonds is 1. The number of piperidine rings is 1. The van der Waals surface area contributed by atoms with Gasteiger partial charge in [-0.3, -0.25) is 0 Å². The summed E-state index contributed by atoms with van der Waals surface area (Å²) in [5.41, 5.74) is 0.778. The molecule has 108 valence electrons. The third kappa shape index (κ3) is 2.93. The summed E-state index contributed by atoms with van der Waals surface area (Å²) in [6.45, 7) is 0.883. The summed E-state index contributed by atoms with van der Waals surface area (Å²) in [5.74, 6) is 0.711. The minimum absolute atomic E-state index is 0.0314. The Morgan fingerprint density at radius 2 is 2.00 bits per heavy atom. The van der Waals surface area contributed by atoms with Crippen LogP contribution in [-0.2, 0) is 0 Å². The van der Waals surface area contributed by atoms with Gasteiger partial charge in [0.25, 0.3) is 0 Å². The van der Waals surface area contributed by atoms with Gasteiger partial charge in [0.1, 0.15) is 0 Å². The van der Waals surface area contributed by atoms with Crippen molar-refractivity contribution in [2.24, 2.45) is 5.92 Å². The van der Waals surface area contributed by atoms with Crippen LogP contribution in [0.25, 0.3) is 0 Å². The molecule has 3 rings (SSSR count). The summed E-state index contributed by atoms with van der Waals surface area (Å²) in [7, 11) is 0. The summed E-state index contributed by atoms with van der Waals surface area (Å²) in [4.78, 5) is 14.6. The number of likely N-dealkylation sites (tertiary alicyclic amines) is 1. The van der Waals surface area contributed by atoms with Gasteiger partial charge in [0, 0.05) is 23.3 Å². The number of nitrogens with one attached hydrogen (secondary N) is 1. The monoisotopic (exact) mass is 292 g/mol. The molecule has 0 bridgehead atoms. The van der Waals surface area contributed by atoms with Crippen LogP contribution in [0, 0.1) is 5.92 Å². The van der Waals surface area contributed by atoms with Crippen LogP contribution < -0.4 is 5.32 Å². The fourth-order valence-electron chi connectivity index (χ4n) is 3.64. The minimum Gasteiger partial charge on any atom is -0.321 e. The molecule has 1 saturated carbocycles. The van der Waals surface area contributed by atoms with E-state index >= 15 is 0 Å². The number of carbonyl (C=O) groups excluding carboxylic acids is 1. The number of anilines is 1. The molecule has 1 heterocycles. The molecule has 4 heteroatoms. The van der Waals surface area contributed by atoms with Crippen molar-refractivity contribution >= 4 is 23.3 Å². The summed E-state index contributed by atoms with van der Waals surface area (Å²) in [6.07, 6.45) is 7.43. The van der Waals surface area contributed by atoms with Crippen LogP contribution in [0.3, 0.4) is 0 Å². The lowest BCUT2D eigenvalue weighted by Gasteiger charge is -2.44. The number of nitrogens with zero attached hydrogens (tertiary/aromatic N) is 1. The van der Waals surface area contributed by atoms with E-state index < -0.39 is 0 Å². The molecule has 2 aliphatic rings. The van der Waals surface area contributed by atoms with Crippen LogP contribution in [0.2, 0.25) is 5.02 Å². The first-order valence-electron chi connectivity index (χ1n) is 7.57. The zero-order chi connectivity index (χ0) is 13.9. The van der Waals surface area contributed by atoms with Gasteiger partial charge in [-0.2, -0.15) is 0 Å². The maximum atomic E-state index is 12.5. The molecule has 2 fully saturated rings. The molecule has 20 heavy (non-hydrogen) atoms. The number of hydrogen-bond acceptors (Lipinski definition) is 1. The standard InChI is InChI=1S/C16H21ClN2O/c17-13-7-3-8-14(11-13)18-16(20)19-10-4-6-12-5-1-2-9-15(12)19/h3,7-8,11-12,15H,1-2,4-6,9-10H2,(H,18,20). The van der Waals surface area contributed by atoms with Gasteiger partial charge in [0.05, 0.1) is 0 Å². The van der Waals surface area contributed by atoms with Crippen LogP contribution in [0.15, 0.2) is 24.3 Å². The SMILES string of the molecule is O=C(Nc1cccc(Cl)c1)N1CCCC2CCCCC21. The number of fused-ring (bicyclic) bond motifs is 1. The summed E-state index contributed by atoms with van der Waals surface area (Å²) in [6, 6.07) is 7.82. The van der Waals surface area contributed by atoms with Crippen molar-refractivity contribution in [1.29, 1.82) is 0 Å². The molecule has 0 radical (unpaired) electrons. The van der Waals surface area contributed by atoms with Crippen molar-refractivity contribution in [2.75, 3.05) is 11.9 Å². The predicted molar refractivity (Wildman–Crippen MR) is 82.2 cm³/mol. The molecule has 3 nitrogen and oxygen atoms in total. The van der Waals surface area contributed by atoms with Crippen LogP contribution in [0.1, 0.15) is 38.5 Å². The maximum Gasteiger partial charge on any atom is 0.322 e. The third-order valence-electron chi connectivity index (χ3n) is 4.58. The van der Waals surface area contributed by atoms with E-state index in [1.165, 1.54) is 25.7 Å². The molecule has 2 unspecified atom stereocenters. The number of hydrogen-bond donors (Lipinski definition) is 1. The van der Waals surface area contributed by atoms with Gasteiger partial charge in [-0.15, -0.1) is 0 Å². The Hall–Kier alpha value is -1.22. The van der Waals surface area contributed by atoms with Gasteiger partial charge >= 0.3 is 6.03 Å². The second kappa shape index (κ2) is 6.04. The molecule has 1 aliphatic carbocycles. The largest absolute Gasteiger partial charge is 0.322 e. The summed E-state index contributed by atoms with van der Waals surface area (Å²) >= 11 is 5.96. The Kier molecular flexibility index (Phi) is 4.16. The number of halogens is 1. The van der Waals surface area contributed by atoms with Gasteiger partial charge in [-0.05, 0) is 49.8 Å². The van der Waals surface area contributed by atoms with E-state index in [4.69, 9.17) is 11.6 Å². The number of amides is 2. The van der Waals surface area contributed by atoms with Crippen LogP contribution in [0.5, 0.6) is 0 Å². The first-order chi connectivity index (χ1) is 9.74. The lowest BCUT2D eigenvalue weighted by atomic mass is 9.78. The summed E-state index contributed by atoms with van der Waals surface area (Å²) in [5, 5.41) is 3.64. The van der Waals surface area contributed by atoms with Gasteiger partial charge < -0.3 is 10.2 Å². The highest BCUT2D eigenvalue weighted by molar-refractivity contribution is 6.30. The van der Waals surface area contributed by atoms with Crippen LogP contribution in [0.4, 0.5) is 10.5 Å². The maximum absolute atomic E-state index is 12.5. The molecule has 1 saturated heterocycles. The van der Waals surface area contributed by atoms with Crippen molar-refractivity contribution in [2.45, 2.75) is 44.6 Å². The highest BCUT2D eigenvalue weighted by Gasteiger charge is 2.35. The van der Waals surface area contributed by atoms with E-state index in [0.717, 1.165) is 25.1 Å². The zero-order valence-electron chi connectivity index (χ0n) is 11.6. The number of benzene rings is 1. The molecule has 0 aromatic heterocycles. The second-order valence-corrected chi connectivity index (χ2v) is 6.32. The third-order valence-corrected chi connectivity index (χ3v) is 4.82. The van der Waals surface area contributed by atoms with Crippen molar-refractivity contribution in [3.8, 4) is 0 Å².